The van der Waals surface area contributed by atoms with Crippen molar-refractivity contribution in [1.29, 1.82) is 0 Å². The van der Waals surface area contributed by atoms with E-state index < -0.39 is 0 Å². The van der Waals surface area contributed by atoms with Gasteiger partial charge in [-0.3, -0.25) is 0 Å². The standard InChI is InChI=1S/C16H32N2S/c1-3-5-7-9-11-15(12-10-8-6-4-2)13-14-18-16(17)19/h13H,3-12,14H2,1-2H3,(H3,17,18,19). The summed E-state index contributed by atoms with van der Waals surface area (Å²) in [5, 5.41) is 3.41. The Hall–Kier alpha value is -0.570. The molecule has 0 atom stereocenters. The van der Waals surface area contributed by atoms with Crippen molar-refractivity contribution in [1.82, 2.24) is 5.32 Å². The Morgan fingerprint density at radius 3 is 1.89 bits per heavy atom. The van der Waals surface area contributed by atoms with Gasteiger partial charge in [-0.1, -0.05) is 64.0 Å². The Kier molecular flexibility index (Phi) is 13.4. The first-order chi connectivity index (χ1) is 9.20. The highest BCUT2D eigenvalue weighted by Gasteiger charge is 1.99. The molecule has 0 amide bonds. The number of nitrogens with one attached hydrogen (secondary N) is 1. The summed E-state index contributed by atoms with van der Waals surface area (Å²) in [5.41, 5.74) is 7.03. The molecule has 2 nitrogen and oxygen atoms in total. The summed E-state index contributed by atoms with van der Waals surface area (Å²) in [6.45, 7) is 5.30. The van der Waals surface area contributed by atoms with Crippen LogP contribution in [-0.2, 0) is 0 Å². The second-order valence-corrected chi connectivity index (χ2v) is 5.67. The van der Waals surface area contributed by atoms with Gasteiger partial charge in [0.15, 0.2) is 5.11 Å². The van der Waals surface area contributed by atoms with Crippen LogP contribution in [-0.4, -0.2) is 11.7 Å². The van der Waals surface area contributed by atoms with Crippen molar-refractivity contribution in [3.63, 3.8) is 0 Å². The van der Waals surface area contributed by atoms with Crippen LogP contribution in [0.2, 0.25) is 0 Å². The fourth-order valence-corrected chi connectivity index (χ4v) is 2.27. The van der Waals surface area contributed by atoms with Gasteiger partial charge in [-0.15, -0.1) is 0 Å². The minimum atomic E-state index is 0.396. The second kappa shape index (κ2) is 13.9. The first-order valence-electron chi connectivity index (χ1n) is 7.91. The molecule has 0 heterocycles. The zero-order chi connectivity index (χ0) is 14.3. The highest BCUT2D eigenvalue weighted by atomic mass is 32.1. The van der Waals surface area contributed by atoms with Crippen LogP contribution >= 0.6 is 12.2 Å². The van der Waals surface area contributed by atoms with E-state index in [0.717, 1.165) is 6.54 Å². The van der Waals surface area contributed by atoms with Gasteiger partial charge in [0, 0.05) is 6.54 Å². The molecule has 0 spiro atoms. The summed E-state index contributed by atoms with van der Waals surface area (Å²) < 4.78 is 0. The van der Waals surface area contributed by atoms with Crippen LogP contribution < -0.4 is 11.1 Å². The van der Waals surface area contributed by atoms with E-state index >= 15 is 0 Å². The van der Waals surface area contributed by atoms with E-state index in [1.807, 2.05) is 0 Å². The molecule has 0 bridgehead atoms. The predicted octanol–water partition coefficient (Wildman–Crippen LogP) is 4.69. The summed E-state index contributed by atoms with van der Waals surface area (Å²) in [6, 6.07) is 0. The van der Waals surface area contributed by atoms with Crippen molar-refractivity contribution in [2.75, 3.05) is 6.54 Å². The van der Waals surface area contributed by atoms with Crippen LogP contribution in [0.3, 0.4) is 0 Å². The van der Waals surface area contributed by atoms with Crippen LogP contribution in [0.25, 0.3) is 0 Å². The quantitative estimate of drug-likeness (QED) is 0.310. The largest absolute Gasteiger partial charge is 0.376 e. The van der Waals surface area contributed by atoms with E-state index in [0.29, 0.717) is 5.11 Å². The summed E-state index contributed by atoms with van der Waals surface area (Å²) in [6.07, 6.45) is 15.4. The highest BCUT2D eigenvalue weighted by Crippen LogP contribution is 2.17. The molecule has 0 fully saturated rings. The second-order valence-electron chi connectivity index (χ2n) is 5.23. The fraction of sp³-hybridized carbons (Fsp3) is 0.812. The van der Waals surface area contributed by atoms with Crippen LogP contribution in [0.1, 0.15) is 78.1 Å². The smallest absolute Gasteiger partial charge is 0.163 e. The Bertz CT molecular complexity index is 235. The molecule has 0 aromatic rings. The number of thiocarbonyl (C=S) groups is 1. The first kappa shape index (κ1) is 18.4. The number of unbranched alkanes of at least 4 members (excludes halogenated alkanes) is 6. The van der Waals surface area contributed by atoms with Crippen LogP contribution in [0.5, 0.6) is 0 Å². The Balaban J connectivity index is 3.94. The van der Waals surface area contributed by atoms with Gasteiger partial charge in [0.25, 0.3) is 0 Å². The molecule has 112 valence electrons. The zero-order valence-electron chi connectivity index (χ0n) is 12.8. The molecule has 0 radical (unpaired) electrons. The maximum absolute atomic E-state index is 5.45. The van der Waals surface area contributed by atoms with Crippen molar-refractivity contribution in [3.8, 4) is 0 Å². The average Bonchev–Trinajstić information content (AvgIpc) is 2.38. The number of hydrogen-bond donors (Lipinski definition) is 2. The van der Waals surface area contributed by atoms with Gasteiger partial charge in [-0.25, -0.2) is 0 Å². The molecule has 0 aliphatic carbocycles. The molecule has 0 aromatic carbocycles. The average molecular weight is 285 g/mol. The Labute approximate surface area is 125 Å². The molecule has 0 saturated carbocycles. The lowest BCUT2D eigenvalue weighted by Gasteiger charge is -2.08. The molecule has 0 saturated heterocycles. The van der Waals surface area contributed by atoms with Crippen molar-refractivity contribution in [3.05, 3.63) is 11.6 Å². The normalized spacial score (nSPS) is 10.2. The third-order valence-electron chi connectivity index (χ3n) is 3.37. The molecular formula is C16H32N2S. The molecule has 0 aromatic heterocycles. The van der Waals surface area contributed by atoms with Crippen LogP contribution in [0.15, 0.2) is 11.6 Å². The van der Waals surface area contributed by atoms with Crippen LogP contribution in [0, 0.1) is 0 Å². The highest BCUT2D eigenvalue weighted by molar-refractivity contribution is 7.80. The summed E-state index contributed by atoms with van der Waals surface area (Å²) in [5.74, 6) is 0. The molecular weight excluding hydrogens is 252 g/mol. The minimum Gasteiger partial charge on any atom is -0.376 e. The van der Waals surface area contributed by atoms with E-state index in [2.05, 4.69) is 25.2 Å². The van der Waals surface area contributed by atoms with Gasteiger partial charge in [0.2, 0.25) is 0 Å². The van der Waals surface area contributed by atoms with E-state index in [-0.39, 0.29) is 0 Å². The van der Waals surface area contributed by atoms with Gasteiger partial charge in [-0.2, -0.15) is 0 Å². The fourth-order valence-electron chi connectivity index (χ4n) is 2.18. The molecule has 0 unspecified atom stereocenters. The lowest BCUT2D eigenvalue weighted by molar-refractivity contribution is 0.623. The minimum absolute atomic E-state index is 0.396. The van der Waals surface area contributed by atoms with E-state index in [9.17, 15) is 0 Å². The van der Waals surface area contributed by atoms with E-state index in [1.165, 1.54) is 64.2 Å². The third kappa shape index (κ3) is 13.7. The molecule has 0 aliphatic heterocycles. The summed E-state index contributed by atoms with van der Waals surface area (Å²) >= 11 is 4.83. The third-order valence-corrected chi connectivity index (χ3v) is 3.51. The predicted molar refractivity (Wildman–Crippen MR) is 90.4 cm³/mol. The lowest BCUT2D eigenvalue weighted by atomic mass is 10.00. The lowest BCUT2D eigenvalue weighted by Crippen LogP contribution is -2.29. The van der Waals surface area contributed by atoms with Crippen LogP contribution in [0.4, 0.5) is 0 Å². The topological polar surface area (TPSA) is 38.0 Å². The zero-order valence-corrected chi connectivity index (χ0v) is 13.7. The Morgan fingerprint density at radius 1 is 0.947 bits per heavy atom. The van der Waals surface area contributed by atoms with E-state index in [4.69, 9.17) is 18.0 Å². The van der Waals surface area contributed by atoms with Gasteiger partial charge in [0.05, 0.1) is 0 Å². The molecule has 3 N–H and O–H groups in total. The number of rotatable bonds is 12. The summed E-state index contributed by atoms with van der Waals surface area (Å²) in [7, 11) is 0. The number of hydrogen-bond acceptors (Lipinski definition) is 1. The van der Waals surface area contributed by atoms with Crippen molar-refractivity contribution < 1.29 is 0 Å². The van der Waals surface area contributed by atoms with Crippen molar-refractivity contribution in [2.45, 2.75) is 78.1 Å². The molecule has 3 heteroatoms. The van der Waals surface area contributed by atoms with Gasteiger partial charge < -0.3 is 11.1 Å². The SMILES string of the molecule is CCCCCCC(=CCNC(N)=S)CCCCCC. The molecule has 19 heavy (non-hydrogen) atoms. The maximum Gasteiger partial charge on any atom is 0.163 e. The van der Waals surface area contributed by atoms with Crippen molar-refractivity contribution in [2.24, 2.45) is 5.73 Å². The Morgan fingerprint density at radius 2 is 1.47 bits per heavy atom. The maximum atomic E-state index is 5.45. The van der Waals surface area contributed by atoms with Gasteiger partial charge in [-0.05, 0) is 37.9 Å². The van der Waals surface area contributed by atoms with Gasteiger partial charge >= 0.3 is 0 Å². The molecule has 0 rings (SSSR count). The first-order valence-corrected chi connectivity index (χ1v) is 8.32. The number of nitrogens with two attached hydrogens (primary N) is 1. The molecule has 0 aliphatic rings. The van der Waals surface area contributed by atoms with Gasteiger partial charge in [0.1, 0.15) is 0 Å². The van der Waals surface area contributed by atoms with E-state index in [1.54, 1.807) is 5.57 Å². The number of allylic oxidation sites excluding steroid dienone is 1. The monoisotopic (exact) mass is 284 g/mol. The summed E-state index contributed by atoms with van der Waals surface area (Å²) in [4.78, 5) is 0. The van der Waals surface area contributed by atoms with Crippen molar-refractivity contribution >= 4 is 17.3 Å².